The van der Waals surface area contributed by atoms with Crippen molar-refractivity contribution in [2.75, 3.05) is 6.61 Å². The van der Waals surface area contributed by atoms with Gasteiger partial charge >= 0.3 is 0 Å². The molecule has 1 aliphatic heterocycles. The van der Waals surface area contributed by atoms with E-state index in [4.69, 9.17) is 4.74 Å². The van der Waals surface area contributed by atoms with Crippen LogP contribution < -0.4 is 10.1 Å². The molecule has 154 valence electrons. The maximum absolute atomic E-state index is 14.1. The molecule has 0 aliphatic carbocycles. The van der Waals surface area contributed by atoms with Crippen LogP contribution in [-0.4, -0.2) is 17.5 Å². The van der Waals surface area contributed by atoms with Gasteiger partial charge in [0, 0.05) is 29.8 Å². The SMILES string of the molecule is O=C(NC1CCOc2ccc(-c3cccc4cnccc34)cc21)c1c(F)cccc1F. The summed E-state index contributed by atoms with van der Waals surface area (Å²) in [6, 6.07) is 16.7. The van der Waals surface area contributed by atoms with Crippen LogP contribution in [0.4, 0.5) is 8.78 Å². The third-order valence-corrected chi connectivity index (χ3v) is 5.54. The van der Waals surface area contributed by atoms with Crippen LogP contribution in [0.25, 0.3) is 21.9 Å². The second kappa shape index (κ2) is 7.80. The molecule has 1 aliphatic rings. The number of benzene rings is 3. The van der Waals surface area contributed by atoms with E-state index in [9.17, 15) is 13.6 Å². The lowest BCUT2D eigenvalue weighted by Crippen LogP contribution is -2.33. The Bertz CT molecular complexity index is 1280. The van der Waals surface area contributed by atoms with E-state index < -0.39 is 29.1 Å². The molecule has 0 radical (unpaired) electrons. The van der Waals surface area contributed by atoms with E-state index in [1.165, 1.54) is 6.07 Å². The van der Waals surface area contributed by atoms with Crippen molar-refractivity contribution < 1.29 is 18.3 Å². The minimum Gasteiger partial charge on any atom is -0.493 e. The normalized spacial score (nSPS) is 15.2. The molecule has 0 saturated carbocycles. The molecule has 6 heteroatoms. The predicted octanol–water partition coefficient (Wildman–Crippen LogP) is 5.43. The smallest absolute Gasteiger partial charge is 0.257 e. The van der Waals surface area contributed by atoms with E-state index in [1.807, 2.05) is 48.7 Å². The van der Waals surface area contributed by atoms with Gasteiger partial charge in [-0.1, -0.05) is 30.3 Å². The number of halogens is 2. The van der Waals surface area contributed by atoms with E-state index in [0.29, 0.717) is 18.8 Å². The number of carbonyl (C=O) groups is 1. The van der Waals surface area contributed by atoms with Crippen molar-refractivity contribution in [2.24, 2.45) is 0 Å². The number of pyridine rings is 1. The van der Waals surface area contributed by atoms with Crippen molar-refractivity contribution in [2.45, 2.75) is 12.5 Å². The summed E-state index contributed by atoms with van der Waals surface area (Å²) in [6.45, 7) is 0.400. The van der Waals surface area contributed by atoms with Crippen LogP contribution in [0.15, 0.2) is 73.1 Å². The third kappa shape index (κ3) is 3.50. The molecule has 3 aromatic carbocycles. The first-order chi connectivity index (χ1) is 15.1. The zero-order valence-electron chi connectivity index (χ0n) is 16.4. The van der Waals surface area contributed by atoms with Crippen LogP contribution in [0, 0.1) is 11.6 Å². The van der Waals surface area contributed by atoms with Gasteiger partial charge in [0.1, 0.15) is 22.9 Å². The minimum absolute atomic E-state index is 0.400. The van der Waals surface area contributed by atoms with Crippen molar-refractivity contribution in [3.63, 3.8) is 0 Å². The van der Waals surface area contributed by atoms with Crippen LogP contribution in [0.5, 0.6) is 5.75 Å². The van der Waals surface area contributed by atoms with Crippen LogP contribution >= 0.6 is 0 Å². The summed E-state index contributed by atoms with van der Waals surface area (Å²) in [4.78, 5) is 16.8. The summed E-state index contributed by atoms with van der Waals surface area (Å²) in [7, 11) is 0. The Morgan fingerprint density at radius 2 is 1.84 bits per heavy atom. The van der Waals surface area contributed by atoms with Crippen LogP contribution in [0.3, 0.4) is 0 Å². The van der Waals surface area contributed by atoms with Gasteiger partial charge in [0.25, 0.3) is 5.91 Å². The topological polar surface area (TPSA) is 51.2 Å². The van der Waals surface area contributed by atoms with Gasteiger partial charge in [-0.2, -0.15) is 0 Å². The molecule has 1 amide bonds. The highest BCUT2D eigenvalue weighted by Crippen LogP contribution is 2.37. The van der Waals surface area contributed by atoms with Crippen molar-refractivity contribution in [3.8, 4) is 16.9 Å². The average molecular weight is 416 g/mol. The van der Waals surface area contributed by atoms with E-state index >= 15 is 0 Å². The number of hydrogen-bond donors (Lipinski definition) is 1. The van der Waals surface area contributed by atoms with Crippen LogP contribution in [-0.2, 0) is 0 Å². The standard InChI is InChI=1S/C25H18F2N2O2/c26-20-5-2-6-21(27)24(20)25(30)29-22-10-12-31-23-8-7-15(13-19(22)23)17-4-1-3-16-14-28-11-9-18(16)17/h1-9,11,13-14,22H,10,12H2,(H,29,30). The summed E-state index contributed by atoms with van der Waals surface area (Å²) in [5.41, 5.74) is 2.18. The zero-order chi connectivity index (χ0) is 21.4. The number of ether oxygens (including phenoxy) is 1. The van der Waals surface area contributed by atoms with Gasteiger partial charge in [0.15, 0.2) is 0 Å². The van der Waals surface area contributed by atoms with Crippen LogP contribution in [0.1, 0.15) is 28.4 Å². The van der Waals surface area contributed by atoms with Gasteiger partial charge in [-0.3, -0.25) is 9.78 Å². The molecule has 0 saturated heterocycles. The summed E-state index contributed by atoms with van der Waals surface area (Å²) in [5, 5.41) is 4.86. The Balaban J connectivity index is 1.53. The molecule has 1 atom stereocenters. The van der Waals surface area contributed by atoms with E-state index in [0.717, 1.165) is 39.6 Å². The number of hydrogen-bond acceptors (Lipinski definition) is 3. The molecule has 2 heterocycles. The number of amides is 1. The third-order valence-electron chi connectivity index (χ3n) is 5.54. The van der Waals surface area contributed by atoms with Gasteiger partial charge < -0.3 is 10.1 Å². The number of fused-ring (bicyclic) bond motifs is 2. The molecular formula is C25H18F2N2O2. The van der Waals surface area contributed by atoms with Gasteiger partial charge in [-0.25, -0.2) is 8.78 Å². The molecule has 4 aromatic rings. The zero-order valence-corrected chi connectivity index (χ0v) is 16.4. The number of rotatable bonds is 3. The molecule has 0 bridgehead atoms. The molecule has 0 spiro atoms. The van der Waals surface area contributed by atoms with Gasteiger partial charge in [-0.05, 0) is 46.8 Å². The van der Waals surface area contributed by atoms with E-state index in [1.54, 1.807) is 6.20 Å². The fourth-order valence-corrected chi connectivity index (χ4v) is 4.03. The van der Waals surface area contributed by atoms with Crippen molar-refractivity contribution in [3.05, 3.63) is 95.8 Å². The van der Waals surface area contributed by atoms with Gasteiger partial charge in [0.05, 0.1) is 12.6 Å². The number of nitrogens with one attached hydrogen (secondary N) is 1. The summed E-state index contributed by atoms with van der Waals surface area (Å²) >= 11 is 0. The molecular weight excluding hydrogens is 398 g/mol. The Morgan fingerprint density at radius 3 is 2.68 bits per heavy atom. The fourth-order valence-electron chi connectivity index (χ4n) is 4.03. The highest BCUT2D eigenvalue weighted by atomic mass is 19.1. The predicted molar refractivity (Wildman–Crippen MR) is 114 cm³/mol. The van der Waals surface area contributed by atoms with Crippen molar-refractivity contribution in [1.29, 1.82) is 0 Å². The first kappa shape index (κ1) is 19.2. The first-order valence-electron chi connectivity index (χ1n) is 9.96. The Kier molecular flexibility index (Phi) is 4.82. The minimum atomic E-state index is -0.886. The first-order valence-corrected chi connectivity index (χ1v) is 9.96. The Hall–Kier alpha value is -3.80. The fraction of sp³-hybridized carbons (Fsp3) is 0.120. The van der Waals surface area contributed by atoms with E-state index in [-0.39, 0.29) is 0 Å². The average Bonchev–Trinajstić information content (AvgIpc) is 2.78. The summed E-state index contributed by atoms with van der Waals surface area (Å²) in [6.07, 6.45) is 4.06. The van der Waals surface area contributed by atoms with E-state index in [2.05, 4.69) is 10.3 Å². The van der Waals surface area contributed by atoms with Crippen molar-refractivity contribution >= 4 is 16.7 Å². The number of nitrogens with zero attached hydrogens (tertiary/aromatic N) is 1. The quantitative estimate of drug-likeness (QED) is 0.484. The molecule has 31 heavy (non-hydrogen) atoms. The molecule has 1 N–H and O–H groups in total. The Morgan fingerprint density at radius 1 is 1.03 bits per heavy atom. The highest BCUT2D eigenvalue weighted by Gasteiger charge is 2.26. The monoisotopic (exact) mass is 416 g/mol. The molecule has 1 unspecified atom stereocenters. The summed E-state index contributed by atoms with van der Waals surface area (Å²) in [5.74, 6) is -1.91. The van der Waals surface area contributed by atoms with Crippen LogP contribution in [0.2, 0.25) is 0 Å². The highest BCUT2D eigenvalue weighted by molar-refractivity contribution is 5.97. The largest absolute Gasteiger partial charge is 0.493 e. The second-order valence-electron chi connectivity index (χ2n) is 7.41. The lowest BCUT2D eigenvalue weighted by Gasteiger charge is -2.27. The van der Waals surface area contributed by atoms with Crippen molar-refractivity contribution in [1.82, 2.24) is 10.3 Å². The Labute approximate surface area is 177 Å². The van der Waals surface area contributed by atoms with Gasteiger partial charge in [-0.15, -0.1) is 0 Å². The lowest BCUT2D eigenvalue weighted by molar-refractivity contribution is 0.0916. The number of carbonyl (C=O) groups excluding carboxylic acids is 1. The summed E-state index contributed by atoms with van der Waals surface area (Å²) < 4.78 is 33.9. The number of aromatic nitrogens is 1. The lowest BCUT2D eigenvalue weighted by atomic mass is 9.93. The molecule has 0 fully saturated rings. The molecule has 1 aromatic heterocycles. The second-order valence-corrected chi connectivity index (χ2v) is 7.41. The molecule has 5 rings (SSSR count). The maximum atomic E-state index is 14.1. The maximum Gasteiger partial charge on any atom is 0.257 e. The van der Waals surface area contributed by atoms with Gasteiger partial charge in [0.2, 0.25) is 0 Å². The molecule has 4 nitrogen and oxygen atoms in total.